The minimum Gasteiger partial charge on any atom is -0.490 e. The molecule has 1 fully saturated rings. The molecule has 0 aromatic heterocycles. The van der Waals surface area contributed by atoms with Crippen molar-refractivity contribution in [3.8, 4) is 11.5 Å². The number of nitrogens with two attached hydrogens (primary N) is 1. The molecule has 1 aromatic carbocycles. The van der Waals surface area contributed by atoms with E-state index in [1.54, 1.807) is 0 Å². The van der Waals surface area contributed by atoms with Gasteiger partial charge in [0.15, 0.2) is 11.5 Å². The Morgan fingerprint density at radius 3 is 2.48 bits per heavy atom. The Hall–Kier alpha value is -1.22. The summed E-state index contributed by atoms with van der Waals surface area (Å²) in [6.45, 7) is 9.84. The molecule has 21 heavy (non-hydrogen) atoms. The molecule has 1 saturated carbocycles. The van der Waals surface area contributed by atoms with E-state index in [9.17, 15) is 0 Å². The highest BCUT2D eigenvalue weighted by Crippen LogP contribution is 2.44. The Morgan fingerprint density at radius 2 is 1.81 bits per heavy atom. The zero-order valence-corrected chi connectivity index (χ0v) is 13.8. The normalized spacial score (nSPS) is 29.2. The average molecular weight is 291 g/mol. The monoisotopic (exact) mass is 291 g/mol. The van der Waals surface area contributed by atoms with Gasteiger partial charge in [0.2, 0.25) is 0 Å². The van der Waals surface area contributed by atoms with Gasteiger partial charge in [-0.05, 0) is 49.8 Å². The molecule has 0 amide bonds. The highest BCUT2D eigenvalue weighted by Gasteiger charge is 2.39. The van der Waals surface area contributed by atoms with E-state index in [0.717, 1.165) is 17.9 Å². The molecule has 3 heteroatoms. The van der Waals surface area contributed by atoms with Crippen LogP contribution in [0.4, 0.5) is 0 Å². The van der Waals surface area contributed by atoms with Crippen LogP contribution in [0.25, 0.3) is 0 Å². The molecular formula is C18H29NO2. The van der Waals surface area contributed by atoms with Crippen LogP contribution in [-0.4, -0.2) is 13.2 Å². The fraction of sp³-hybridized carbons (Fsp3) is 0.667. The van der Waals surface area contributed by atoms with Gasteiger partial charge in [-0.25, -0.2) is 0 Å². The second-order valence-corrected chi connectivity index (χ2v) is 6.23. The van der Waals surface area contributed by atoms with Crippen LogP contribution >= 0.6 is 0 Å². The Kier molecular flexibility index (Phi) is 5.15. The fourth-order valence-electron chi connectivity index (χ4n) is 3.45. The van der Waals surface area contributed by atoms with Crippen molar-refractivity contribution in [2.24, 2.45) is 17.6 Å². The van der Waals surface area contributed by atoms with E-state index in [1.807, 2.05) is 19.9 Å². The lowest BCUT2D eigenvalue weighted by Crippen LogP contribution is -2.48. The van der Waals surface area contributed by atoms with E-state index < -0.39 is 0 Å². The van der Waals surface area contributed by atoms with Crippen LogP contribution in [0.2, 0.25) is 0 Å². The molecule has 0 saturated heterocycles. The van der Waals surface area contributed by atoms with Crippen molar-refractivity contribution in [2.45, 2.75) is 52.5 Å². The van der Waals surface area contributed by atoms with E-state index in [1.165, 1.54) is 18.4 Å². The van der Waals surface area contributed by atoms with Gasteiger partial charge in [-0.3, -0.25) is 0 Å². The molecule has 2 N–H and O–H groups in total. The van der Waals surface area contributed by atoms with Crippen LogP contribution in [0.3, 0.4) is 0 Å². The predicted octanol–water partition coefficient (Wildman–Crippen LogP) is 4.09. The van der Waals surface area contributed by atoms with Crippen molar-refractivity contribution >= 4 is 0 Å². The molecule has 3 unspecified atom stereocenters. The van der Waals surface area contributed by atoms with Crippen molar-refractivity contribution in [2.75, 3.05) is 13.2 Å². The standard InChI is InChI=1S/C18H29NO2/c1-5-20-16-10-9-15(12-17(16)21-6-2)18(19)11-7-8-13(3)14(18)4/h9-10,12-14H,5-8,11,19H2,1-4H3. The van der Waals surface area contributed by atoms with E-state index in [-0.39, 0.29) is 5.54 Å². The van der Waals surface area contributed by atoms with Crippen LogP contribution < -0.4 is 15.2 Å². The second kappa shape index (κ2) is 6.69. The third-order valence-corrected chi connectivity index (χ3v) is 5.00. The molecule has 1 aliphatic rings. The fourth-order valence-corrected chi connectivity index (χ4v) is 3.45. The smallest absolute Gasteiger partial charge is 0.161 e. The van der Waals surface area contributed by atoms with Crippen molar-refractivity contribution in [3.05, 3.63) is 23.8 Å². The first-order valence-electron chi connectivity index (χ1n) is 8.22. The van der Waals surface area contributed by atoms with E-state index in [0.29, 0.717) is 25.0 Å². The number of benzene rings is 1. The quantitative estimate of drug-likeness (QED) is 0.888. The van der Waals surface area contributed by atoms with Gasteiger partial charge in [0.1, 0.15) is 0 Å². The first kappa shape index (κ1) is 16.2. The summed E-state index contributed by atoms with van der Waals surface area (Å²) in [6.07, 6.45) is 3.51. The summed E-state index contributed by atoms with van der Waals surface area (Å²) in [6, 6.07) is 6.20. The maximum Gasteiger partial charge on any atom is 0.161 e. The molecule has 3 nitrogen and oxygen atoms in total. The van der Waals surface area contributed by atoms with Gasteiger partial charge in [0.25, 0.3) is 0 Å². The molecular weight excluding hydrogens is 262 g/mol. The number of ether oxygens (including phenoxy) is 2. The summed E-state index contributed by atoms with van der Waals surface area (Å²) in [5.74, 6) is 2.75. The molecule has 0 aliphatic heterocycles. The van der Waals surface area contributed by atoms with E-state index >= 15 is 0 Å². The maximum atomic E-state index is 6.81. The maximum absolute atomic E-state index is 6.81. The van der Waals surface area contributed by atoms with Gasteiger partial charge in [-0.15, -0.1) is 0 Å². The molecule has 0 bridgehead atoms. The topological polar surface area (TPSA) is 44.5 Å². The number of hydrogen-bond acceptors (Lipinski definition) is 3. The third-order valence-electron chi connectivity index (χ3n) is 5.00. The molecule has 0 radical (unpaired) electrons. The minimum atomic E-state index is -0.256. The molecule has 118 valence electrons. The molecule has 2 rings (SSSR count). The molecule has 3 atom stereocenters. The van der Waals surface area contributed by atoms with Gasteiger partial charge in [0, 0.05) is 5.54 Å². The summed E-state index contributed by atoms with van der Waals surface area (Å²) in [4.78, 5) is 0. The molecule has 0 spiro atoms. The highest BCUT2D eigenvalue weighted by molar-refractivity contribution is 5.45. The molecule has 1 aliphatic carbocycles. The zero-order chi connectivity index (χ0) is 15.5. The van der Waals surface area contributed by atoms with Gasteiger partial charge in [-0.2, -0.15) is 0 Å². The van der Waals surface area contributed by atoms with Crippen LogP contribution in [0.15, 0.2) is 18.2 Å². The van der Waals surface area contributed by atoms with Crippen LogP contribution in [0, 0.1) is 11.8 Å². The summed E-state index contributed by atoms with van der Waals surface area (Å²) >= 11 is 0. The average Bonchev–Trinajstić information content (AvgIpc) is 2.47. The third kappa shape index (κ3) is 3.18. The minimum absolute atomic E-state index is 0.256. The Morgan fingerprint density at radius 1 is 1.14 bits per heavy atom. The van der Waals surface area contributed by atoms with Crippen molar-refractivity contribution in [3.63, 3.8) is 0 Å². The Labute approximate surface area is 128 Å². The summed E-state index contributed by atoms with van der Waals surface area (Å²) < 4.78 is 11.4. The SMILES string of the molecule is CCOc1ccc(C2(N)CCCC(C)C2C)cc1OCC. The van der Waals surface area contributed by atoms with Crippen LogP contribution in [-0.2, 0) is 5.54 Å². The first-order valence-corrected chi connectivity index (χ1v) is 8.22. The van der Waals surface area contributed by atoms with Crippen LogP contribution in [0.5, 0.6) is 11.5 Å². The lowest BCUT2D eigenvalue weighted by molar-refractivity contribution is 0.143. The first-order chi connectivity index (χ1) is 10.0. The van der Waals surface area contributed by atoms with Crippen molar-refractivity contribution < 1.29 is 9.47 Å². The summed E-state index contributed by atoms with van der Waals surface area (Å²) in [5, 5.41) is 0. The Bertz CT molecular complexity index is 474. The van der Waals surface area contributed by atoms with E-state index in [2.05, 4.69) is 26.0 Å². The number of hydrogen-bond donors (Lipinski definition) is 1. The van der Waals surface area contributed by atoms with Gasteiger partial charge in [0.05, 0.1) is 13.2 Å². The van der Waals surface area contributed by atoms with E-state index in [4.69, 9.17) is 15.2 Å². The van der Waals surface area contributed by atoms with Crippen molar-refractivity contribution in [1.29, 1.82) is 0 Å². The predicted molar refractivity (Wildman–Crippen MR) is 86.8 cm³/mol. The van der Waals surface area contributed by atoms with Crippen molar-refractivity contribution in [1.82, 2.24) is 0 Å². The summed E-state index contributed by atoms with van der Waals surface area (Å²) in [5.41, 5.74) is 7.73. The Balaban J connectivity index is 2.36. The molecule has 0 heterocycles. The largest absolute Gasteiger partial charge is 0.490 e. The number of rotatable bonds is 5. The van der Waals surface area contributed by atoms with Crippen LogP contribution in [0.1, 0.15) is 52.5 Å². The lowest BCUT2D eigenvalue weighted by atomic mass is 9.66. The van der Waals surface area contributed by atoms with Gasteiger partial charge in [-0.1, -0.05) is 32.8 Å². The lowest BCUT2D eigenvalue weighted by Gasteiger charge is -2.43. The summed E-state index contributed by atoms with van der Waals surface area (Å²) in [7, 11) is 0. The second-order valence-electron chi connectivity index (χ2n) is 6.23. The zero-order valence-electron chi connectivity index (χ0n) is 13.8. The van der Waals surface area contributed by atoms with Gasteiger partial charge >= 0.3 is 0 Å². The highest BCUT2D eigenvalue weighted by atomic mass is 16.5. The van der Waals surface area contributed by atoms with Gasteiger partial charge < -0.3 is 15.2 Å². The molecule has 1 aromatic rings.